The van der Waals surface area contributed by atoms with E-state index >= 15 is 0 Å². The van der Waals surface area contributed by atoms with E-state index in [-0.39, 0.29) is 0 Å². The minimum Gasteiger partial charge on any atom is -0.316 e. The molecular formula is C11H14ClNS. The summed E-state index contributed by atoms with van der Waals surface area (Å²) in [5, 5.41) is 4.14. The molecule has 0 bridgehead atoms. The predicted octanol–water partition coefficient (Wildman–Crippen LogP) is 2.96. The number of halogens is 1. The van der Waals surface area contributed by atoms with Crippen LogP contribution in [0.4, 0.5) is 0 Å². The SMILES string of the molecule is Cc1cc(SCC2CNC2)ccc1Cl. The third-order valence-electron chi connectivity index (χ3n) is 2.48. The summed E-state index contributed by atoms with van der Waals surface area (Å²) in [6, 6.07) is 6.25. The Morgan fingerprint density at radius 2 is 2.29 bits per heavy atom. The third kappa shape index (κ3) is 2.44. The third-order valence-corrected chi connectivity index (χ3v) is 4.13. The molecule has 0 radical (unpaired) electrons. The van der Waals surface area contributed by atoms with Crippen molar-refractivity contribution in [3.05, 3.63) is 28.8 Å². The molecule has 0 aliphatic carbocycles. The fraction of sp³-hybridized carbons (Fsp3) is 0.455. The van der Waals surface area contributed by atoms with E-state index in [1.807, 2.05) is 17.8 Å². The molecule has 14 heavy (non-hydrogen) atoms. The van der Waals surface area contributed by atoms with E-state index in [0.29, 0.717) is 0 Å². The summed E-state index contributed by atoms with van der Waals surface area (Å²) in [5.74, 6) is 2.07. The molecule has 3 heteroatoms. The maximum Gasteiger partial charge on any atom is 0.0435 e. The standard InChI is InChI=1S/C11H14ClNS/c1-8-4-10(2-3-11(8)12)14-7-9-5-13-6-9/h2-4,9,13H,5-7H2,1H3. The fourth-order valence-electron chi connectivity index (χ4n) is 1.39. The molecular weight excluding hydrogens is 214 g/mol. The van der Waals surface area contributed by atoms with E-state index in [4.69, 9.17) is 11.6 Å². The van der Waals surface area contributed by atoms with Crippen LogP contribution in [0.25, 0.3) is 0 Å². The Hall–Kier alpha value is -0.180. The van der Waals surface area contributed by atoms with Crippen molar-refractivity contribution in [2.75, 3.05) is 18.8 Å². The number of benzene rings is 1. The monoisotopic (exact) mass is 227 g/mol. The zero-order valence-corrected chi connectivity index (χ0v) is 9.79. The minimum absolute atomic E-state index is 0.857. The van der Waals surface area contributed by atoms with E-state index < -0.39 is 0 Å². The summed E-state index contributed by atoms with van der Waals surface area (Å²) < 4.78 is 0. The Morgan fingerprint density at radius 1 is 1.50 bits per heavy atom. The normalized spacial score (nSPS) is 16.7. The second kappa shape index (κ2) is 4.56. The zero-order valence-electron chi connectivity index (χ0n) is 8.22. The lowest BCUT2D eigenvalue weighted by Crippen LogP contribution is -2.43. The van der Waals surface area contributed by atoms with Gasteiger partial charge in [0.25, 0.3) is 0 Å². The van der Waals surface area contributed by atoms with Crippen LogP contribution < -0.4 is 5.32 Å². The predicted molar refractivity (Wildman–Crippen MR) is 63.3 cm³/mol. The molecule has 1 aliphatic rings. The molecule has 0 aromatic heterocycles. The van der Waals surface area contributed by atoms with Crippen LogP contribution in [0.1, 0.15) is 5.56 Å². The van der Waals surface area contributed by atoms with Crippen LogP contribution in [0.15, 0.2) is 23.1 Å². The number of rotatable bonds is 3. The Labute approximate surface area is 94.2 Å². The Morgan fingerprint density at radius 3 is 2.86 bits per heavy atom. The summed E-state index contributed by atoms with van der Waals surface area (Å²) in [6.45, 7) is 4.41. The van der Waals surface area contributed by atoms with Gasteiger partial charge in [0.1, 0.15) is 0 Å². The van der Waals surface area contributed by atoms with E-state index in [0.717, 1.165) is 10.9 Å². The Bertz CT molecular complexity index is 323. The first-order valence-electron chi connectivity index (χ1n) is 4.85. The van der Waals surface area contributed by atoms with Crippen molar-refractivity contribution in [2.45, 2.75) is 11.8 Å². The molecule has 1 fully saturated rings. The van der Waals surface area contributed by atoms with Gasteiger partial charge in [-0.15, -0.1) is 11.8 Å². The average Bonchev–Trinajstić information content (AvgIpc) is 2.08. The summed E-state index contributed by atoms with van der Waals surface area (Å²) in [6.07, 6.45) is 0. The van der Waals surface area contributed by atoms with Gasteiger partial charge >= 0.3 is 0 Å². The van der Waals surface area contributed by atoms with Gasteiger partial charge in [-0.2, -0.15) is 0 Å². The quantitative estimate of drug-likeness (QED) is 0.797. The Balaban J connectivity index is 1.91. The molecule has 0 spiro atoms. The smallest absolute Gasteiger partial charge is 0.0435 e. The van der Waals surface area contributed by atoms with Crippen molar-refractivity contribution in [1.29, 1.82) is 0 Å². The molecule has 1 nitrogen and oxygen atoms in total. The first kappa shape index (κ1) is 10.3. The van der Waals surface area contributed by atoms with Crippen molar-refractivity contribution in [3.63, 3.8) is 0 Å². The molecule has 0 amide bonds. The second-order valence-electron chi connectivity index (χ2n) is 3.75. The van der Waals surface area contributed by atoms with Crippen LogP contribution in [-0.2, 0) is 0 Å². The molecule has 2 rings (SSSR count). The highest BCUT2D eigenvalue weighted by molar-refractivity contribution is 7.99. The highest BCUT2D eigenvalue weighted by atomic mass is 35.5. The molecule has 1 heterocycles. The van der Waals surface area contributed by atoms with Gasteiger partial charge in [-0.25, -0.2) is 0 Å². The summed E-state index contributed by atoms with van der Waals surface area (Å²) in [4.78, 5) is 1.33. The molecule has 1 aromatic carbocycles. The maximum atomic E-state index is 5.96. The van der Waals surface area contributed by atoms with E-state index in [2.05, 4.69) is 24.4 Å². The summed E-state index contributed by atoms with van der Waals surface area (Å²) in [7, 11) is 0. The van der Waals surface area contributed by atoms with Crippen molar-refractivity contribution >= 4 is 23.4 Å². The van der Waals surface area contributed by atoms with Crippen LogP contribution in [0.2, 0.25) is 5.02 Å². The van der Waals surface area contributed by atoms with E-state index in [9.17, 15) is 0 Å². The van der Waals surface area contributed by atoms with Gasteiger partial charge in [0.15, 0.2) is 0 Å². The summed E-state index contributed by atoms with van der Waals surface area (Å²) >= 11 is 7.89. The number of nitrogens with one attached hydrogen (secondary N) is 1. The zero-order chi connectivity index (χ0) is 9.97. The van der Waals surface area contributed by atoms with Gasteiger partial charge in [0.05, 0.1) is 0 Å². The highest BCUT2D eigenvalue weighted by Crippen LogP contribution is 2.26. The minimum atomic E-state index is 0.857. The van der Waals surface area contributed by atoms with Crippen LogP contribution in [0.5, 0.6) is 0 Å². The average molecular weight is 228 g/mol. The molecule has 1 aromatic rings. The molecule has 1 saturated heterocycles. The van der Waals surface area contributed by atoms with Gasteiger partial charge in [-0.3, -0.25) is 0 Å². The van der Waals surface area contributed by atoms with Crippen molar-refractivity contribution in [3.8, 4) is 0 Å². The molecule has 0 unspecified atom stereocenters. The number of aryl methyl sites for hydroxylation is 1. The largest absolute Gasteiger partial charge is 0.316 e. The van der Waals surface area contributed by atoms with Gasteiger partial charge in [0.2, 0.25) is 0 Å². The van der Waals surface area contributed by atoms with E-state index in [1.165, 1.54) is 29.3 Å². The maximum absolute atomic E-state index is 5.96. The van der Waals surface area contributed by atoms with E-state index in [1.54, 1.807) is 0 Å². The van der Waals surface area contributed by atoms with Gasteiger partial charge in [0, 0.05) is 15.7 Å². The van der Waals surface area contributed by atoms with Gasteiger partial charge in [-0.1, -0.05) is 11.6 Å². The fourth-order valence-corrected chi connectivity index (χ4v) is 2.59. The molecule has 0 saturated carbocycles. The van der Waals surface area contributed by atoms with Crippen molar-refractivity contribution in [1.82, 2.24) is 5.32 Å². The number of thioether (sulfide) groups is 1. The first-order valence-corrected chi connectivity index (χ1v) is 6.22. The number of hydrogen-bond donors (Lipinski definition) is 1. The van der Waals surface area contributed by atoms with Gasteiger partial charge < -0.3 is 5.32 Å². The topological polar surface area (TPSA) is 12.0 Å². The van der Waals surface area contributed by atoms with Crippen LogP contribution in [0, 0.1) is 12.8 Å². The summed E-state index contributed by atoms with van der Waals surface area (Å²) in [5.41, 5.74) is 1.17. The lowest BCUT2D eigenvalue weighted by Gasteiger charge is -2.26. The lowest BCUT2D eigenvalue weighted by atomic mass is 10.1. The van der Waals surface area contributed by atoms with Crippen molar-refractivity contribution in [2.24, 2.45) is 5.92 Å². The molecule has 1 aliphatic heterocycles. The molecule has 1 N–H and O–H groups in total. The Kier molecular flexibility index (Phi) is 3.37. The van der Waals surface area contributed by atoms with Crippen LogP contribution in [0.3, 0.4) is 0 Å². The second-order valence-corrected chi connectivity index (χ2v) is 5.25. The van der Waals surface area contributed by atoms with Crippen LogP contribution >= 0.6 is 23.4 Å². The first-order chi connectivity index (χ1) is 6.75. The van der Waals surface area contributed by atoms with Gasteiger partial charge in [-0.05, 0) is 49.7 Å². The number of hydrogen-bond acceptors (Lipinski definition) is 2. The molecule has 76 valence electrons. The van der Waals surface area contributed by atoms with Crippen LogP contribution in [-0.4, -0.2) is 18.8 Å². The lowest BCUT2D eigenvalue weighted by molar-refractivity contribution is 0.385. The highest BCUT2D eigenvalue weighted by Gasteiger charge is 2.16. The molecule has 0 atom stereocenters. The van der Waals surface area contributed by atoms with Crippen molar-refractivity contribution < 1.29 is 0 Å².